The Kier molecular flexibility index (Phi) is 5.15. The van der Waals surface area contributed by atoms with Crippen molar-refractivity contribution in [3.05, 3.63) is 77.4 Å². The van der Waals surface area contributed by atoms with Crippen molar-refractivity contribution in [2.45, 2.75) is 13.3 Å². The topological polar surface area (TPSA) is 76.9 Å². The Bertz CT molecular complexity index is 1250. The number of para-hydroxylation sites is 1. The number of anilines is 1. The lowest BCUT2D eigenvalue weighted by atomic mass is 10.0. The summed E-state index contributed by atoms with van der Waals surface area (Å²) >= 11 is 0. The first-order chi connectivity index (χ1) is 15.7. The molecule has 0 N–H and O–H groups in total. The van der Waals surface area contributed by atoms with Gasteiger partial charge >= 0.3 is 5.97 Å². The summed E-state index contributed by atoms with van der Waals surface area (Å²) < 4.78 is 10.6. The number of allylic oxidation sites excluding steroid dienone is 1. The number of ether oxygens (including phenoxy) is 2. The van der Waals surface area contributed by atoms with E-state index in [0.717, 1.165) is 45.2 Å². The summed E-state index contributed by atoms with van der Waals surface area (Å²) in [5.74, 6) is 0.460. The number of benzene rings is 2. The highest BCUT2D eigenvalue weighted by Gasteiger charge is 2.32. The standard InChI is InChI=1S/C25H22N4O3/c1-3-32-25(30)20-6-4-5-19-23-17(13-26-14-27-23)12-22-21(28-15-29(22)24(19)20)11-16-7-9-18(31-2)10-8-16/h4-10,12-14H,3,11,15H2,1-2H3. The molecule has 2 aromatic carbocycles. The monoisotopic (exact) mass is 426 g/mol. The number of aromatic nitrogens is 2. The molecule has 0 aliphatic carbocycles. The fourth-order valence-electron chi connectivity index (χ4n) is 4.12. The Morgan fingerprint density at radius 1 is 1.16 bits per heavy atom. The average molecular weight is 426 g/mol. The molecule has 0 fully saturated rings. The lowest BCUT2D eigenvalue weighted by Gasteiger charge is -2.23. The van der Waals surface area contributed by atoms with E-state index in [1.165, 1.54) is 6.33 Å². The molecule has 0 bridgehead atoms. The summed E-state index contributed by atoms with van der Waals surface area (Å²) in [6.07, 6.45) is 6.04. The van der Waals surface area contributed by atoms with Gasteiger partial charge in [-0.05, 0) is 36.8 Å². The molecule has 0 spiro atoms. The Morgan fingerprint density at radius 2 is 2.00 bits per heavy atom. The first-order valence-electron chi connectivity index (χ1n) is 10.5. The van der Waals surface area contributed by atoms with Crippen molar-refractivity contribution in [2.75, 3.05) is 25.3 Å². The number of hydrogen-bond donors (Lipinski definition) is 0. The van der Waals surface area contributed by atoms with Crippen LogP contribution in [0.3, 0.4) is 0 Å². The molecule has 3 aromatic rings. The van der Waals surface area contributed by atoms with Crippen LogP contribution in [0.25, 0.3) is 17.3 Å². The van der Waals surface area contributed by atoms with Crippen molar-refractivity contribution in [2.24, 2.45) is 4.99 Å². The minimum Gasteiger partial charge on any atom is -0.497 e. The first kappa shape index (κ1) is 19.9. The van der Waals surface area contributed by atoms with Crippen LogP contribution in [-0.4, -0.2) is 42.0 Å². The highest BCUT2D eigenvalue weighted by molar-refractivity contribution is 6.14. The van der Waals surface area contributed by atoms with Crippen LogP contribution in [-0.2, 0) is 11.2 Å². The number of esters is 1. The van der Waals surface area contributed by atoms with Crippen molar-refractivity contribution < 1.29 is 14.3 Å². The third-order valence-corrected chi connectivity index (χ3v) is 5.61. The molecule has 3 heterocycles. The van der Waals surface area contributed by atoms with Gasteiger partial charge in [0.05, 0.1) is 42.1 Å². The fourth-order valence-corrected chi connectivity index (χ4v) is 4.12. The molecule has 0 amide bonds. The van der Waals surface area contributed by atoms with Crippen molar-refractivity contribution in [3.63, 3.8) is 0 Å². The minimum absolute atomic E-state index is 0.309. The second-order valence-electron chi connectivity index (χ2n) is 7.48. The molecule has 160 valence electrons. The maximum Gasteiger partial charge on any atom is 0.340 e. The molecule has 0 radical (unpaired) electrons. The predicted molar refractivity (Wildman–Crippen MR) is 123 cm³/mol. The number of rotatable bonds is 5. The highest BCUT2D eigenvalue weighted by Crippen LogP contribution is 2.42. The smallest absolute Gasteiger partial charge is 0.340 e. The molecule has 32 heavy (non-hydrogen) atoms. The zero-order chi connectivity index (χ0) is 22.1. The maximum atomic E-state index is 12.8. The normalized spacial score (nSPS) is 13.9. The zero-order valence-corrected chi connectivity index (χ0v) is 17.9. The summed E-state index contributed by atoms with van der Waals surface area (Å²) in [6, 6.07) is 13.6. The number of carbonyl (C=O) groups excluding carboxylic acids is 1. The Balaban J connectivity index is 1.61. The molecule has 1 aromatic heterocycles. The van der Waals surface area contributed by atoms with Crippen LogP contribution in [0, 0.1) is 0 Å². The van der Waals surface area contributed by atoms with E-state index in [4.69, 9.17) is 14.5 Å². The molecule has 0 atom stereocenters. The van der Waals surface area contributed by atoms with Gasteiger partial charge in [-0.15, -0.1) is 0 Å². The highest BCUT2D eigenvalue weighted by atomic mass is 16.5. The number of nitrogens with zero attached hydrogens (tertiary/aromatic N) is 4. The molecule has 7 nitrogen and oxygen atoms in total. The Morgan fingerprint density at radius 3 is 2.78 bits per heavy atom. The second-order valence-corrected chi connectivity index (χ2v) is 7.48. The SMILES string of the molecule is CCOC(=O)c1cccc2c1N1CN=C(Cc3ccc(OC)cc3)C1=Cc1cncnc1-2. The van der Waals surface area contributed by atoms with E-state index in [1.807, 2.05) is 36.4 Å². The van der Waals surface area contributed by atoms with E-state index in [1.54, 1.807) is 26.3 Å². The van der Waals surface area contributed by atoms with E-state index in [9.17, 15) is 4.79 Å². The van der Waals surface area contributed by atoms with Gasteiger partial charge in [0.2, 0.25) is 0 Å². The van der Waals surface area contributed by atoms with Gasteiger partial charge in [-0.25, -0.2) is 14.8 Å². The van der Waals surface area contributed by atoms with E-state index in [2.05, 4.69) is 20.9 Å². The second kappa shape index (κ2) is 8.26. The molecule has 5 rings (SSSR count). The maximum absolute atomic E-state index is 12.8. The van der Waals surface area contributed by atoms with Gasteiger partial charge in [0.15, 0.2) is 0 Å². The summed E-state index contributed by atoms with van der Waals surface area (Å²) in [5, 5.41) is 0. The largest absolute Gasteiger partial charge is 0.497 e. The lowest BCUT2D eigenvalue weighted by Crippen LogP contribution is -2.24. The van der Waals surface area contributed by atoms with Gasteiger partial charge in [-0.1, -0.05) is 24.3 Å². The van der Waals surface area contributed by atoms with E-state index in [0.29, 0.717) is 25.3 Å². The van der Waals surface area contributed by atoms with Crippen LogP contribution in [0.2, 0.25) is 0 Å². The Hall–Kier alpha value is -4.00. The lowest BCUT2D eigenvalue weighted by molar-refractivity contribution is 0.0527. The molecule has 0 saturated heterocycles. The third kappa shape index (κ3) is 3.41. The van der Waals surface area contributed by atoms with Crippen LogP contribution < -0.4 is 9.64 Å². The van der Waals surface area contributed by atoms with Gasteiger partial charge in [-0.3, -0.25) is 4.99 Å². The van der Waals surface area contributed by atoms with E-state index >= 15 is 0 Å². The van der Waals surface area contributed by atoms with Crippen LogP contribution in [0.1, 0.15) is 28.4 Å². The van der Waals surface area contributed by atoms with Crippen molar-refractivity contribution in [1.29, 1.82) is 0 Å². The van der Waals surface area contributed by atoms with Gasteiger partial charge in [0.1, 0.15) is 18.7 Å². The van der Waals surface area contributed by atoms with Crippen molar-refractivity contribution >= 4 is 23.4 Å². The van der Waals surface area contributed by atoms with Gasteiger partial charge in [0.25, 0.3) is 0 Å². The quantitative estimate of drug-likeness (QED) is 0.571. The zero-order valence-electron chi connectivity index (χ0n) is 17.9. The summed E-state index contributed by atoms with van der Waals surface area (Å²) in [6.45, 7) is 2.53. The van der Waals surface area contributed by atoms with Gasteiger partial charge in [-0.2, -0.15) is 0 Å². The van der Waals surface area contributed by atoms with Crippen LogP contribution >= 0.6 is 0 Å². The van der Waals surface area contributed by atoms with Crippen molar-refractivity contribution in [1.82, 2.24) is 9.97 Å². The molecule has 0 unspecified atom stereocenters. The average Bonchev–Trinajstić information content (AvgIpc) is 3.14. The number of carbonyl (C=O) groups is 1. The molecule has 0 saturated carbocycles. The summed E-state index contributed by atoms with van der Waals surface area (Å²) in [5.41, 5.74) is 6.80. The van der Waals surface area contributed by atoms with Crippen LogP contribution in [0.4, 0.5) is 5.69 Å². The molecular weight excluding hydrogens is 404 g/mol. The number of methoxy groups -OCH3 is 1. The summed E-state index contributed by atoms with van der Waals surface area (Å²) in [7, 11) is 1.66. The predicted octanol–water partition coefficient (Wildman–Crippen LogP) is 4.14. The molecule has 7 heteroatoms. The number of hydrogen-bond acceptors (Lipinski definition) is 7. The first-order valence-corrected chi connectivity index (χ1v) is 10.5. The molecule has 2 aliphatic heterocycles. The van der Waals surface area contributed by atoms with E-state index in [-0.39, 0.29) is 5.97 Å². The van der Waals surface area contributed by atoms with Gasteiger partial charge < -0.3 is 14.4 Å². The Labute approximate surface area is 186 Å². The van der Waals surface area contributed by atoms with Crippen molar-refractivity contribution in [3.8, 4) is 17.0 Å². The minimum atomic E-state index is -0.357. The number of fused-ring (bicyclic) bond motifs is 5. The third-order valence-electron chi connectivity index (χ3n) is 5.61. The molecular formula is C25H22N4O3. The van der Waals surface area contributed by atoms with Gasteiger partial charge in [0, 0.05) is 23.7 Å². The van der Waals surface area contributed by atoms with Crippen LogP contribution in [0.5, 0.6) is 5.75 Å². The molecule has 2 aliphatic rings. The van der Waals surface area contributed by atoms with E-state index < -0.39 is 0 Å². The van der Waals surface area contributed by atoms with Crippen LogP contribution in [0.15, 0.2) is 65.7 Å². The number of aliphatic imine (C=N–C) groups is 1. The summed E-state index contributed by atoms with van der Waals surface area (Å²) in [4.78, 5) is 28.5. The fraction of sp³-hybridized carbons (Fsp3) is 0.200.